The van der Waals surface area contributed by atoms with Crippen molar-refractivity contribution >= 4 is 23.6 Å². The monoisotopic (exact) mass is 874 g/mol. The third kappa shape index (κ3) is 9.79. The van der Waals surface area contributed by atoms with Gasteiger partial charge in [-0.2, -0.15) is 0 Å². The molecule has 8 rings (SSSR count). The number of rotatable bonds is 12. The van der Waals surface area contributed by atoms with E-state index in [-0.39, 0.29) is 29.5 Å². The molecule has 6 aromatic rings. The molecule has 2 fully saturated rings. The molecule has 2 aromatic heterocycles. The fourth-order valence-electron chi connectivity index (χ4n) is 9.15. The van der Waals surface area contributed by atoms with Gasteiger partial charge in [-0.25, -0.2) is 9.97 Å². The van der Waals surface area contributed by atoms with Crippen LogP contribution in [-0.4, -0.2) is 147 Å². The Bertz CT molecular complexity index is 2590. The highest BCUT2D eigenvalue weighted by Gasteiger charge is 2.40. The van der Waals surface area contributed by atoms with Crippen LogP contribution in [-0.2, 0) is 19.2 Å². The highest BCUT2D eigenvalue weighted by Crippen LogP contribution is 2.34. The van der Waals surface area contributed by atoms with Crippen LogP contribution in [0, 0.1) is 0 Å². The van der Waals surface area contributed by atoms with E-state index in [2.05, 4.69) is 46.4 Å². The minimum absolute atomic E-state index is 0.0144. The van der Waals surface area contributed by atoms with Crippen molar-refractivity contribution in [2.24, 2.45) is 0 Å². The van der Waals surface area contributed by atoms with Crippen molar-refractivity contribution in [3.05, 3.63) is 144 Å². The summed E-state index contributed by atoms with van der Waals surface area (Å²) in [5, 5.41) is 0. The van der Waals surface area contributed by atoms with Gasteiger partial charge in [0, 0.05) is 59.7 Å². The fourth-order valence-corrected chi connectivity index (χ4v) is 9.15. The molecule has 4 amide bonds. The molecule has 0 bridgehead atoms. The number of carbonyl (C=O) groups is 4. The average molecular weight is 875 g/mol. The van der Waals surface area contributed by atoms with Gasteiger partial charge in [-0.1, -0.05) is 109 Å². The van der Waals surface area contributed by atoms with E-state index in [0.717, 1.165) is 44.8 Å². The number of carbonyl (C=O) groups excluding carboxylic acids is 4. The number of aromatic amines is 2. The second-order valence-corrected chi connectivity index (χ2v) is 17.5. The van der Waals surface area contributed by atoms with Gasteiger partial charge in [-0.05, 0) is 61.6 Å². The third-order valence-electron chi connectivity index (χ3n) is 12.7. The molecule has 0 radical (unpaired) electrons. The zero-order chi connectivity index (χ0) is 45.8. The Morgan fingerprint density at radius 1 is 0.569 bits per heavy atom. The van der Waals surface area contributed by atoms with Crippen LogP contribution >= 0.6 is 0 Å². The Labute approximate surface area is 380 Å². The molecule has 65 heavy (non-hydrogen) atoms. The predicted octanol–water partition coefficient (Wildman–Crippen LogP) is 6.25. The van der Waals surface area contributed by atoms with Gasteiger partial charge in [0.05, 0.1) is 29.7 Å². The van der Waals surface area contributed by atoms with E-state index in [1.54, 1.807) is 36.0 Å². The summed E-state index contributed by atoms with van der Waals surface area (Å²) in [6.07, 6.45) is 3.59. The molecule has 336 valence electrons. The number of nitrogens with zero attached hydrogens (tertiary/aromatic N) is 8. The predicted molar refractivity (Wildman–Crippen MR) is 251 cm³/mol. The van der Waals surface area contributed by atoms with Gasteiger partial charge in [0.2, 0.25) is 23.6 Å². The first kappa shape index (κ1) is 44.7. The van der Waals surface area contributed by atoms with Gasteiger partial charge in [-0.15, -0.1) is 0 Å². The molecule has 14 nitrogen and oxygen atoms in total. The van der Waals surface area contributed by atoms with Crippen LogP contribution in [0.3, 0.4) is 0 Å². The molecule has 2 saturated heterocycles. The van der Waals surface area contributed by atoms with Crippen LogP contribution < -0.4 is 0 Å². The first-order valence-electron chi connectivity index (χ1n) is 22.2. The number of imidazole rings is 2. The number of hydrogen-bond donors (Lipinski definition) is 2. The maximum atomic E-state index is 14.4. The molecule has 0 aliphatic carbocycles. The maximum absolute atomic E-state index is 14.4. The van der Waals surface area contributed by atoms with Gasteiger partial charge in [0.15, 0.2) is 0 Å². The van der Waals surface area contributed by atoms with Crippen molar-refractivity contribution in [3.8, 4) is 33.6 Å². The SMILES string of the molecule is CC(=O)N1CCN(C(=O)C(CN(C)C)c2ccccc2)C(c2ncc(-c3ccc(-c4ccc(-c5cnc(C6CN(C(C)=O)CCN6C(=O)C(c6ccccc6)N(C)C)[nH]5)cc4)cc3)[nH]2)C1. The minimum atomic E-state index is -0.480. The molecule has 4 aromatic carbocycles. The molecule has 2 N–H and O–H groups in total. The smallest absolute Gasteiger partial charge is 0.245 e. The van der Waals surface area contributed by atoms with Crippen molar-refractivity contribution in [2.45, 2.75) is 37.9 Å². The molecule has 4 atom stereocenters. The Kier molecular flexibility index (Phi) is 13.4. The van der Waals surface area contributed by atoms with Crippen molar-refractivity contribution in [2.75, 3.05) is 74.0 Å². The van der Waals surface area contributed by atoms with E-state index in [4.69, 9.17) is 9.97 Å². The lowest BCUT2D eigenvalue weighted by Crippen LogP contribution is -2.54. The lowest BCUT2D eigenvalue weighted by atomic mass is 9.95. The standard InChI is InChI=1S/C51H58N10O4/c1-34(62)58-25-27-60(50(64)42(31-56(3)4)38-13-9-7-10-14-38)45(32-58)48-52-29-43(54-48)39-21-17-36(18-22-39)37-19-23-40(24-20-37)44-30-53-49(55-44)46-33-59(35(2)63)26-28-61(46)51(65)47(57(5)6)41-15-11-8-12-16-41/h7-24,29-30,42,45-47H,25-28,31-33H2,1-6H3,(H,52,54)(H,53,55). The quantitative estimate of drug-likeness (QED) is 0.147. The van der Waals surface area contributed by atoms with Crippen LogP contribution in [0.15, 0.2) is 122 Å². The molecule has 14 heteroatoms. The van der Waals surface area contributed by atoms with Gasteiger partial charge in [-0.3, -0.25) is 24.1 Å². The first-order chi connectivity index (χ1) is 31.4. The fraction of sp³-hybridized carbons (Fsp3) is 0.333. The maximum Gasteiger partial charge on any atom is 0.245 e. The van der Waals surface area contributed by atoms with E-state index in [9.17, 15) is 19.2 Å². The van der Waals surface area contributed by atoms with Crippen LogP contribution in [0.5, 0.6) is 0 Å². The summed E-state index contributed by atoms with van der Waals surface area (Å²) < 4.78 is 0. The summed E-state index contributed by atoms with van der Waals surface area (Å²) in [6, 6.07) is 34.8. The summed E-state index contributed by atoms with van der Waals surface area (Å²) in [5.41, 5.74) is 7.46. The van der Waals surface area contributed by atoms with Gasteiger partial charge >= 0.3 is 0 Å². The Morgan fingerprint density at radius 2 is 0.985 bits per heavy atom. The van der Waals surface area contributed by atoms with Crippen LogP contribution in [0.25, 0.3) is 33.6 Å². The number of H-pyrrole nitrogens is 2. The van der Waals surface area contributed by atoms with Crippen LogP contribution in [0.4, 0.5) is 0 Å². The lowest BCUT2D eigenvalue weighted by Gasteiger charge is -2.42. The van der Waals surface area contributed by atoms with Crippen molar-refractivity contribution in [3.63, 3.8) is 0 Å². The number of nitrogens with one attached hydrogen (secondary N) is 2. The van der Waals surface area contributed by atoms with E-state index >= 15 is 0 Å². The highest BCUT2D eigenvalue weighted by atomic mass is 16.2. The van der Waals surface area contributed by atoms with Gasteiger partial charge in [0.1, 0.15) is 29.8 Å². The number of hydrogen-bond acceptors (Lipinski definition) is 8. The second-order valence-electron chi connectivity index (χ2n) is 17.5. The normalized spacial score (nSPS) is 17.7. The Hall–Kier alpha value is -6.90. The summed E-state index contributed by atoms with van der Waals surface area (Å²) in [7, 11) is 7.76. The van der Waals surface area contributed by atoms with Crippen molar-refractivity contribution in [1.29, 1.82) is 0 Å². The van der Waals surface area contributed by atoms with Crippen LogP contribution in [0.1, 0.15) is 60.7 Å². The summed E-state index contributed by atoms with van der Waals surface area (Å²) in [4.78, 5) is 81.6. The molecule has 2 aliphatic heterocycles. The zero-order valence-electron chi connectivity index (χ0n) is 38.0. The number of aromatic nitrogens is 4. The largest absolute Gasteiger partial charge is 0.340 e. The van der Waals surface area contributed by atoms with E-state index in [0.29, 0.717) is 57.5 Å². The lowest BCUT2D eigenvalue weighted by molar-refractivity contribution is -0.146. The number of benzene rings is 4. The van der Waals surface area contributed by atoms with Crippen LogP contribution in [0.2, 0.25) is 0 Å². The Morgan fingerprint density at radius 3 is 1.40 bits per heavy atom. The molecule has 0 spiro atoms. The number of piperazine rings is 2. The topological polar surface area (TPSA) is 145 Å². The zero-order valence-corrected chi connectivity index (χ0v) is 38.0. The third-order valence-corrected chi connectivity index (χ3v) is 12.7. The molecule has 2 aliphatic rings. The second kappa shape index (κ2) is 19.5. The Balaban J connectivity index is 0.982. The van der Waals surface area contributed by atoms with Gasteiger partial charge in [0.25, 0.3) is 0 Å². The highest BCUT2D eigenvalue weighted by molar-refractivity contribution is 5.86. The van der Waals surface area contributed by atoms with E-state index in [1.807, 2.05) is 121 Å². The van der Waals surface area contributed by atoms with E-state index < -0.39 is 18.1 Å². The molecular weight excluding hydrogens is 817 g/mol. The molecular formula is C51H58N10O4. The summed E-state index contributed by atoms with van der Waals surface area (Å²) in [5.74, 6) is 0.825. The molecule has 0 saturated carbocycles. The van der Waals surface area contributed by atoms with Gasteiger partial charge < -0.3 is 34.5 Å². The minimum Gasteiger partial charge on any atom is -0.340 e. The van der Waals surface area contributed by atoms with Crippen molar-refractivity contribution in [1.82, 2.24) is 49.3 Å². The number of amides is 4. The number of likely N-dealkylation sites (N-methyl/N-ethyl adjacent to an activating group) is 2. The average Bonchev–Trinajstić information content (AvgIpc) is 4.03. The summed E-state index contributed by atoms with van der Waals surface area (Å²) >= 11 is 0. The van der Waals surface area contributed by atoms with E-state index in [1.165, 1.54) is 0 Å². The van der Waals surface area contributed by atoms with Crippen molar-refractivity contribution < 1.29 is 19.2 Å². The molecule has 4 unspecified atom stereocenters. The molecule has 4 heterocycles. The first-order valence-corrected chi connectivity index (χ1v) is 22.2. The summed E-state index contributed by atoms with van der Waals surface area (Å²) in [6.45, 7) is 6.14.